The van der Waals surface area contributed by atoms with Crippen LogP contribution in [0.2, 0.25) is 0 Å². The minimum absolute atomic E-state index is 0.00947. The Morgan fingerprint density at radius 3 is 2.71 bits per heavy atom. The van der Waals surface area contributed by atoms with Crippen LogP contribution in [0.5, 0.6) is 5.75 Å². The number of carbonyl (C=O) groups excluding carboxylic acids is 1. The lowest BCUT2D eigenvalue weighted by atomic mass is 10.2. The first kappa shape index (κ1) is 22.2. The van der Waals surface area contributed by atoms with E-state index >= 15 is 0 Å². The highest BCUT2D eigenvalue weighted by atomic mass is 16.5. The number of nitrogens with zero attached hydrogens (tertiary/aromatic N) is 3. The lowest BCUT2D eigenvalue weighted by molar-refractivity contribution is -0.121. The molecule has 0 bridgehead atoms. The van der Waals surface area contributed by atoms with E-state index in [1.165, 1.54) is 9.47 Å². The number of hydrogen-bond acceptors (Lipinski definition) is 6. The second kappa shape index (κ2) is 9.98. The number of anilines is 2. The highest BCUT2D eigenvalue weighted by Gasteiger charge is 2.32. The zero-order chi connectivity index (χ0) is 22.4. The minimum atomic E-state index is -0.687. The van der Waals surface area contributed by atoms with E-state index in [0.29, 0.717) is 24.3 Å². The fraction of sp³-hybridized carbons (Fsp3) is 0.455. The van der Waals surface area contributed by atoms with Gasteiger partial charge in [-0.15, -0.1) is 0 Å². The van der Waals surface area contributed by atoms with Crippen molar-refractivity contribution in [3.05, 3.63) is 50.7 Å². The number of nitrogen functional groups attached to an aromatic ring is 1. The van der Waals surface area contributed by atoms with Crippen molar-refractivity contribution in [2.24, 2.45) is 0 Å². The third-order valence-corrected chi connectivity index (χ3v) is 5.51. The van der Waals surface area contributed by atoms with Crippen LogP contribution < -0.4 is 26.6 Å². The van der Waals surface area contributed by atoms with Crippen LogP contribution in [0.4, 0.5) is 11.5 Å². The highest BCUT2D eigenvalue weighted by Crippen LogP contribution is 2.29. The summed E-state index contributed by atoms with van der Waals surface area (Å²) >= 11 is 0. The maximum absolute atomic E-state index is 13.2. The van der Waals surface area contributed by atoms with Crippen molar-refractivity contribution in [2.75, 3.05) is 17.2 Å². The number of amides is 1. The molecule has 0 spiro atoms. The van der Waals surface area contributed by atoms with E-state index in [1.54, 1.807) is 24.3 Å². The van der Waals surface area contributed by atoms with Crippen molar-refractivity contribution in [1.82, 2.24) is 9.55 Å². The molecule has 1 heterocycles. The molecule has 0 radical (unpaired) electrons. The molecular formula is C22H27N5O4. The molecule has 1 aromatic carbocycles. The standard InChI is InChI=1S/C22H27N5O4/c1-2-3-12-26-20(24)19(21(29)25-22(26)30)27(16-9-5-6-10-16)18(28)14-31-17-11-7-4-8-15(17)13-23/h4,7-8,11,16H,2-3,5-6,9-10,12,14,24H2,1H3,(H,25,29,30). The predicted octanol–water partition coefficient (Wildman–Crippen LogP) is 2.15. The fourth-order valence-corrected chi connectivity index (χ4v) is 3.92. The summed E-state index contributed by atoms with van der Waals surface area (Å²) in [6.45, 7) is 1.98. The van der Waals surface area contributed by atoms with Crippen LogP contribution >= 0.6 is 0 Å². The van der Waals surface area contributed by atoms with E-state index in [-0.39, 0.29) is 24.2 Å². The summed E-state index contributed by atoms with van der Waals surface area (Å²) in [7, 11) is 0. The number of ether oxygens (including phenoxy) is 1. The van der Waals surface area contributed by atoms with E-state index < -0.39 is 17.2 Å². The number of nitrogens with one attached hydrogen (secondary N) is 1. The third-order valence-electron chi connectivity index (χ3n) is 5.51. The van der Waals surface area contributed by atoms with E-state index in [0.717, 1.165) is 32.1 Å². The van der Waals surface area contributed by atoms with Gasteiger partial charge in [0, 0.05) is 12.6 Å². The van der Waals surface area contributed by atoms with Gasteiger partial charge in [0.1, 0.15) is 17.6 Å². The van der Waals surface area contributed by atoms with Gasteiger partial charge in [-0.05, 0) is 31.4 Å². The Balaban J connectivity index is 1.96. The molecule has 1 aliphatic carbocycles. The smallest absolute Gasteiger partial charge is 0.330 e. The monoisotopic (exact) mass is 425 g/mol. The second-order valence-electron chi connectivity index (χ2n) is 7.60. The first-order valence-corrected chi connectivity index (χ1v) is 10.5. The van der Waals surface area contributed by atoms with E-state index in [9.17, 15) is 19.6 Å². The van der Waals surface area contributed by atoms with Gasteiger partial charge in [-0.3, -0.25) is 24.0 Å². The molecule has 1 fully saturated rings. The molecule has 164 valence electrons. The molecule has 0 saturated heterocycles. The van der Waals surface area contributed by atoms with Gasteiger partial charge in [-0.25, -0.2) is 4.79 Å². The van der Waals surface area contributed by atoms with Crippen molar-refractivity contribution < 1.29 is 9.53 Å². The molecule has 1 aromatic heterocycles. The molecule has 1 aliphatic rings. The summed E-state index contributed by atoms with van der Waals surface area (Å²) in [5.41, 5.74) is 5.28. The second-order valence-corrected chi connectivity index (χ2v) is 7.60. The number of carbonyl (C=O) groups is 1. The number of rotatable bonds is 8. The Morgan fingerprint density at radius 2 is 2.03 bits per heavy atom. The summed E-state index contributed by atoms with van der Waals surface area (Å²) in [4.78, 5) is 41.9. The maximum atomic E-state index is 13.2. The third kappa shape index (κ3) is 4.79. The lowest BCUT2D eigenvalue weighted by Gasteiger charge is -2.30. The average Bonchev–Trinajstić information content (AvgIpc) is 3.29. The van der Waals surface area contributed by atoms with Crippen molar-refractivity contribution in [3.8, 4) is 11.8 Å². The Kier molecular flexibility index (Phi) is 7.13. The number of unbranched alkanes of at least 4 members (excludes halogenated alkanes) is 1. The van der Waals surface area contributed by atoms with Crippen LogP contribution in [-0.2, 0) is 11.3 Å². The number of benzene rings is 1. The van der Waals surface area contributed by atoms with E-state index in [2.05, 4.69) is 4.98 Å². The van der Waals surface area contributed by atoms with Gasteiger partial charge in [-0.1, -0.05) is 38.3 Å². The first-order chi connectivity index (χ1) is 15.0. The fourth-order valence-electron chi connectivity index (χ4n) is 3.92. The number of aromatic nitrogens is 2. The summed E-state index contributed by atoms with van der Waals surface area (Å²) in [6.07, 6.45) is 4.87. The van der Waals surface area contributed by atoms with Crippen molar-refractivity contribution in [1.29, 1.82) is 5.26 Å². The van der Waals surface area contributed by atoms with Gasteiger partial charge in [-0.2, -0.15) is 5.26 Å². The molecule has 9 heteroatoms. The molecule has 9 nitrogen and oxygen atoms in total. The van der Waals surface area contributed by atoms with Crippen LogP contribution in [-0.4, -0.2) is 28.1 Å². The number of para-hydroxylation sites is 1. The Bertz CT molecular complexity index is 1090. The molecule has 3 N–H and O–H groups in total. The number of H-pyrrole nitrogens is 1. The Hall–Kier alpha value is -3.54. The molecule has 3 rings (SSSR count). The van der Waals surface area contributed by atoms with Gasteiger partial charge >= 0.3 is 5.69 Å². The van der Waals surface area contributed by atoms with Crippen molar-refractivity contribution in [2.45, 2.75) is 58.0 Å². The zero-order valence-corrected chi connectivity index (χ0v) is 17.6. The summed E-state index contributed by atoms with van der Waals surface area (Å²) in [5.74, 6) is -0.170. The van der Waals surface area contributed by atoms with Gasteiger partial charge < -0.3 is 10.5 Å². The van der Waals surface area contributed by atoms with Crippen molar-refractivity contribution >= 4 is 17.4 Å². The molecule has 1 saturated carbocycles. The molecule has 1 amide bonds. The molecule has 0 aliphatic heterocycles. The van der Waals surface area contributed by atoms with Crippen LogP contribution in [0.1, 0.15) is 51.0 Å². The summed E-state index contributed by atoms with van der Waals surface area (Å²) in [5, 5.41) is 9.22. The molecule has 0 atom stereocenters. The predicted molar refractivity (Wildman–Crippen MR) is 117 cm³/mol. The maximum Gasteiger partial charge on any atom is 0.330 e. The number of aromatic amines is 1. The van der Waals surface area contributed by atoms with Crippen LogP contribution in [0.15, 0.2) is 33.9 Å². The SMILES string of the molecule is CCCCn1c(N)c(N(C(=O)COc2ccccc2C#N)C2CCCC2)c(=O)[nH]c1=O. The molecule has 0 unspecified atom stereocenters. The molecule has 2 aromatic rings. The number of nitriles is 1. The van der Waals surface area contributed by atoms with E-state index in [1.807, 2.05) is 13.0 Å². The minimum Gasteiger partial charge on any atom is -0.482 e. The zero-order valence-electron chi connectivity index (χ0n) is 17.6. The van der Waals surface area contributed by atoms with Crippen molar-refractivity contribution in [3.63, 3.8) is 0 Å². The van der Waals surface area contributed by atoms with E-state index in [4.69, 9.17) is 10.5 Å². The van der Waals surface area contributed by atoms with Crippen LogP contribution in [0, 0.1) is 11.3 Å². The summed E-state index contributed by atoms with van der Waals surface area (Å²) < 4.78 is 6.92. The van der Waals surface area contributed by atoms with Gasteiger partial charge in [0.15, 0.2) is 12.3 Å². The molecular weight excluding hydrogens is 398 g/mol. The Morgan fingerprint density at radius 1 is 1.32 bits per heavy atom. The van der Waals surface area contributed by atoms with Gasteiger partial charge in [0.25, 0.3) is 11.5 Å². The molecule has 31 heavy (non-hydrogen) atoms. The van der Waals surface area contributed by atoms with Gasteiger partial charge in [0.2, 0.25) is 0 Å². The van der Waals surface area contributed by atoms with Crippen LogP contribution in [0.3, 0.4) is 0 Å². The topological polar surface area (TPSA) is 134 Å². The quantitative estimate of drug-likeness (QED) is 0.665. The lowest BCUT2D eigenvalue weighted by Crippen LogP contribution is -2.47. The largest absolute Gasteiger partial charge is 0.482 e. The normalized spacial score (nSPS) is 13.7. The van der Waals surface area contributed by atoms with Crippen LogP contribution in [0.25, 0.3) is 0 Å². The average molecular weight is 425 g/mol. The highest BCUT2D eigenvalue weighted by molar-refractivity contribution is 5.97. The number of nitrogens with two attached hydrogens (primary N) is 1. The summed E-state index contributed by atoms with van der Waals surface area (Å²) in [6, 6.07) is 8.44. The number of hydrogen-bond donors (Lipinski definition) is 2. The Labute approximate surface area is 180 Å². The van der Waals surface area contributed by atoms with Gasteiger partial charge in [0.05, 0.1) is 5.56 Å². The first-order valence-electron chi connectivity index (χ1n) is 10.5.